The van der Waals surface area contributed by atoms with E-state index in [2.05, 4.69) is 34.8 Å². The minimum Gasteiger partial charge on any atom is -0.363 e. The van der Waals surface area contributed by atoms with Gasteiger partial charge in [-0.2, -0.15) is 5.10 Å². The van der Waals surface area contributed by atoms with Crippen molar-refractivity contribution in [1.82, 2.24) is 29.7 Å². The van der Waals surface area contributed by atoms with E-state index < -0.39 is 0 Å². The number of anilines is 3. The molecule has 25 heavy (non-hydrogen) atoms. The SMILES string of the molecule is CN(C)c1cc(N2CCN(c3ncnc4c3cnn4C)CC2)ncn1. The Morgan fingerprint density at radius 1 is 0.920 bits per heavy atom. The number of hydrogen-bond acceptors (Lipinski definition) is 8. The quantitative estimate of drug-likeness (QED) is 0.684. The molecule has 0 aromatic carbocycles. The van der Waals surface area contributed by atoms with E-state index in [9.17, 15) is 0 Å². The fourth-order valence-electron chi connectivity index (χ4n) is 3.10. The lowest BCUT2D eigenvalue weighted by Crippen LogP contribution is -2.47. The van der Waals surface area contributed by atoms with Crippen molar-refractivity contribution in [3.63, 3.8) is 0 Å². The zero-order chi connectivity index (χ0) is 17.4. The molecule has 0 radical (unpaired) electrons. The Morgan fingerprint density at radius 2 is 1.64 bits per heavy atom. The van der Waals surface area contributed by atoms with Crippen molar-refractivity contribution in [2.24, 2.45) is 7.05 Å². The topological polar surface area (TPSA) is 79.1 Å². The standard InChI is InChI=1S/C16H21N9/c1-22(2)13-8-14(18-10-17-13)24-4-6-25(7-5-24)16-12-9-21-23(3)15(12)19-11-20-16/h8-11H,4-7H2,1-3H3. The molecule has 1 fully saturated rings. The highest BCUT2D eigenvalue weighted by Crippen LogP contribution is 2.24. The molecule has 0 amide bonds. The molecule has 0 N–H and O–H groups in total. The zero-order valence-corrected chi connectivity index (χ0v) is 14.7. The largest absolute Gasteiger partial charge is 0.363 e. The first-order chi connectivity index (χ1) is 12.1. The number of aryl methyl sites for hydroxylation is 1. The summed E-state index contributed by atoms with van der Waals surface area (Å²) in [6.07, 6.45) is 5.07. The molecular formula is C16H21N9. The number of aromatic nitrogens is 6. The summed E-state index contributed by atoms with van der Waals surface area (Å²) in [5.41, 5.74) is 0.860. The fraction of sp³-hybridized carbons (Fsp3) is 0.438. The van der Waals surface area contributed by atoms with Gasteiger partial charge in [-0.1, -0.05) is 0 Å². The van der Waals surface area contributed by atoms with Gasteiger partial charge in [-0.3, -0.25) is 4.68 Å². The molecule has 1 aliphatic heterocycles. The van der Waals surface area contributed by atoms with Gasteiger partial charge in [0.05, 0.1) is 11.6 Å². The predicted molar refractivity (Wildman–Crippen MR) is 97.1 cm³/mol. The Morgan fingerprint density at radius 3 is 2.40 bits per heavy atom. The van der Waals surface area contributed by atoms with Gasteiger partial charge < -0.3 is 14.7 Å². The van der Waals surface area contributed by atoms with Crippen LogP contribution in [-0.4, -0.2) is 70.0 Å². The molecule has 3 aromatic rings. The Bertz CT molecular complexity index is 880. The number of fused-ring (bicyclic) bond motifs is 1. The molecule has 3 aromatic heterocycles. The molecular weight excluding hydrogens is 318 g/mol. The molecule has 1 saturated heterocycles. The molecule has 0 spiro atoms. The highest BCUT2D eigenvalue weighted by molar-refractivity contribution is 5.86. The highest BCUT2D eigenvalue weighted by atomic mass is 15.3. The molecule has 0 unspecified atom stereocenters. The van der Waals surface area contributed by atoms with Crippen LogP contribution in [0.15, 0.2) is 24.9 Å². The number of hydrogen-bond donors (Lipinski definition) is 0. The van der Waals surface area contributed by atoms with E-state index in [1.165, 1.54) is 0 Å². The Kier molecular flexibility index (Phi) is 3.83. The second kappa shape index (κ2) is 6.15. The summed E-state index contributed by atoms with van der Waals surface area (Å²) in [6, 6.07) is 2.03. The van der Waals surface area contributed by atoms with Gasteiger partial charge in [-0.25, -0.2) is 19.9 Å². The van der Waals surface area contributed by atoms with Crippen LogP contribution in [0.4, 0.5) is 17.5 Å². The van der Waals surface area contributed by atoms with Crippen LogP contribution in [0, 0.1) is 0 Å². The summed E-state index contributed by atoms with van der Waals surface area (Å²) in [4.78, 5) is 24.1. The molecule has 4 heterocycles. The minimum atomic E-state index is 0.860. The molecule has 1 aliphatic rings. The smallest absolute Gasteiger partial charge is 0.163 e. The number of piperazine rings is 1. The van der Waals surface area contributed by atoms with Gasteiger partial charge in [0.2, 0.25) is 0 Å². The summed E-state index contributed by atoms with van der Waals surface area (Å²) in [5, 5.41) is 5.29. The summed E-state index contributed by atoms with van der Waals surface area (Å²) in [5.74, 6) is 2.84. The molecule has 0 bridgehead atoms. The van der Waals surface area contributed by atoms with Gasteiger partial charge in [0.15, 0.2) is 5.65 Å². The third-order valence-corrected chi connectivity index (χ3v) is 4.51. The first-order valence-electron chi connectivity index (χ1n) is 8.25. The van der Waals surface area contributed by atoms with Crippen LogP contribution in [0.5, 0.6) is 0 Å². The van der Waals surface area contributed by atoms with E-state index >= 15 is 0 Å². The van der Waals surface area contributed by atoms with Gasteiger partial charge in [-0.15, -0.1) is 0 Å². The monoisotopic (exact) mass is 339 g/mol. The van der Waals surface area contributed by atoms with Crippen LogP contribution in [-0.2, 0) is 7.05 Å². The van der Waals surface area contributed by atoms with Crippen molar-refractivity contribution in [3.8, 4) is 0 Å². The van der Waals surface area contributed by atoms with Crippen molar-refractivity contribution in [1.29, 1.82) is 0 Å². The first-order valence-corrected chi connectivity index (χ1v) is 8.25. The Labute approximate surface area is 145 Å². The molecule has 9 heteroatoms. The minimum absolute atomic E-state index is 0.860. The first kappa shape index (κ1) is 15.6. The van der Waals surface area contributed by atoms with Crippen molar-refractivity contribution in [2.75, 3.05) is 55.0 Å². The van der Waals surface area contributed by atoms with Crippen LogP contribution >= 0.6 is 0 Å². The maximum absolute atomic E-state index is 4.49. The van der Waals surface area contributed by atoms with Crippen LogP contribution in [0.25, 0.3) is 11.0 Å². The molecule has 130 valence electrons. The van der Waals surface area contributed by atoms with Crippen molar-refractivity contribution >= 4 is 28.5 Å². The van der Waals surface area contributed by atoms with Gasteiger partial charge in [0.25, 0.3) is 0 Å². The molecule has 4 rings (SSSR count). The summed E-state index contributed by atoms with van der Waals surface area (Å²) in [6.45, 7) is 3.52. The normalized spacial score (nSPS) is 15.0. The summed E-state index contributed by atoms with van der Waals surface area (Å²) < 4.78 is 1.78. The third-order valence-electron chi connectivity index (χ3n) is 4.51. The van der Waals surface area contributed by atoms with Crippen molar-refractivity contribution < 1.29 is 0 Å². The van der Waals surface area contributed by atoms with Crippen molar-refractivity contribution in [3.05, 3.63) is 24.9 Å². The Hall–Kier alpha value is -2.97. The zero-order valence-electron chi connectivity index (χ0n) is 14.7. The van der Waals surface area contributed by atoms with E-state index in [0.717, 1.165) is 54.7 Å². The lowest BCUT2D eigenvalue weighted by molar-refractivity contribution is 0.642. The van der Waals surface area contributed by atoms with E-state index in [1.54, 1.807) is 17.3 Å². The lowest BCUT2D eigenvalue weighted by atomic mass is 10.2. The summed E-state index contributed by atoms with van der Waals surface area (Å²) >= 11 is 0. The van der Waals surface area contributed by atoms with Gasteiger partial charge in [-0.05, 0) is 0 Å². The molecule has 0 aliphatic carbocycles. The highest BCUT2D eigenvalue weighted by Gasteiger charge is 2.22. The van der Waals surface area contributed by atoms with Gasteiger partial charge in [0.1, 0.15) is 30.1 Å². The predicted octanol–water partition coefficient (Wildman–Crippen LogP) is 0.546. The average molecular weight is 339 g/mol. The maximum atomic E-state index is 4.49. The van der Waals surface area contributed by atoms with Crippen LogP contribution in [0.2, 0.25) is 0 Å². The number of rotatable bonds is 3. The average Bonchev–Trinajstić information content (AvgIpc) is 3.03. The summed E-state index contributed by atoms with van der Waals surface area (Å²) in [7, 11) is 5.87. The number of nitrogens with zero attached hydrogens (tertiary/aromatic N) is 9. The second-order valence-electron chi connectivity index (χ2n) is 6.31. The van der Waals surface area contributed by atoms with Crippen LogP contribution < -0.4 is 14.7 Å². The Balaban J connectivity index is 1.52. The van der Waals surface area contributed by atoms with Gasteiger partial charge >= 0.3 is 0 Å². The molecule has 0 atom stereocenters. The maximum Gasteiger partial charge on any atom is 0.163 e. The van der Waals surface area contributed by atoms with Gasteiger partial charge in [0, 0.05) is 53.4 Å². The van der Waals surface area contributed by atoms with E-state index in [-0.39, 0.29) is 0 Å². The molecule has 9 nitrogen and oxygen atoms in total. The van der Waals surface area contributed by atoms with Crippen LogP contribution in [0.3, 0.4) is 0 Å². The van der Waals surface area contributed by atoms with E-state index in [0.29, 0.717) is 0 Å². The van der Waals surface area contributed by atoms with E-state index in [1.807, 2.05) is 38.3 Å². The second-order valence-corrected chi connectivity index (χ2v) is 6.31. The molecule has 0 saturated carbocycles. The third kappa shape index (κ3) is 2.81. The van der Waals surface area contributed by atoms with E-state index in [4.69, 9.17) is 0 Å². The lowest BCUT2D eigenvalue weighted by Gasteiger charge is -2.36. The fourth-order valence-corrected chi connectivity index (χ4v) is 3.10. The van der Waals surface area contributed by atoms with Crippen LogP contribution in [0.1, 0.15) is 0 Å². The van der Waals surface area contributed by atoms with Crippen molar-refractivity contribution in [2.45, 2.75) is 0 Å².